The molecule has 0 heterocycles. The Kier molecular flexibility index (Phi) is 5.74. The summed E-state index contributed by atoms with van der Waals surface area (Å²) in [6.45, 7) is -1.38. The molecule has 0 radical (unpaired) electrons. The minimum absolute atomic E-state index is 0.0503. The van der Waals surface area contributed by atoms with Gasteiger partial charge in [-0.25, -0.2) is 0 Å². The highest BCUT2D eigenvalue weighted by Gasteiger charge is 2.28. The molecule has 0 spiro atoms. The van der Waals surface area contributed by atoms with E-state index in [0.717, 1.165) is 0 Å². The maximum Gasteiger partial charge on any atom is 0.422 e. The number of amides is 1. The second-order valence-electron chi connectivity index (χ2n) is 4.95. The van der Waals surface area contributed by atoms with Crippen molar-refractivity contribution in [2.24, 2.45) is 0 Å². The van der Waals surface area contributed by atoms with E-state index >= 15 is 0 Å². The van der Waals surface area contributed by atoms with Crippen LogP contribution in [0, 0.1) is 0 Å². The van der Waals surface area contributed by atoms with E-state index in [2.05, 4.69) is 10.1 Å². The minimum Gasteiger partial charge on any atom is -0.497 e. The Morgan fingerprint density at radius 3 is 2.20 bits per heavy atom. The van der Waals surface area contributed by atoms with Crippen LogP contribution < -0.4 is 19.5 Å². The number of nitrogens with one attached hydrogen (secondary N) is 1. The number of carbonyl (C=O) groups is 1. The lowest BCUT2D eigenvalue weighted by atomic mass is 10.1. The fourth-order valence-electron chi connectivity index (χ4n) is 1.99. The van der Waals surface area contributed by atoms with E-state index in [1.165, 1.54) is 44.6 Å². The molecule has 1 amide bonds. The zero-order valence-corrected chi connectivity index (χ0v) is 13.5. The van der Waals surface area contributed by atoms with Crippen molar-refractivity contribution in [3.8, 4) is 17.2 Å². The molecule has 0 fully saturated rings. The molecule has 25 heavy (non-hydrogen) atoms. The van der Waals surface area contributed by atoms with Gasteiger partial charge in [-0.2, -0.15) is 13.2 Å². The quantitative estimate of drug-likeness (QED) is 0.854. The number of benzene rings is 2. The molecular weight excluding hydrogens is 339 g/mol. The zero-order valence-electron chi connectivity index (χ0n) is 13.5. The van der Waals surface area contributed by atoms with E-state index in [0.29, 0.717) is 17.2 Å². The van der Waals surface area contributed by atoms with Gasteiger partial charge in [0.25, 0.3) is 5.91 Å². The lowest BCUT2D eigenvalue weighted by molar-refractivity contribution is -0.153. The van der Waals surface area contributed by atoms with Crippen molar-refractivity contribution in [3.63, 3.8) is 0 Å². The Bertz CT molecular complexity index is 730. The molecule has 0 aliphatic heterocycles. The third-order valence-corrected chi connectivity index (χ3v) is 3.17. The molecule has 8 heteroatoms. The van der Waals surface area contributed by atoms with Crippen molar-refractivity contribution in [1.29, 1.82) is 0 Å². The van der Waals surface area contributed by atoms with E-state index in [1.807, 2.05) is 0 Å². The average molecular weight is 355 g/mol. The molecule has 1 N–H and O–H groups in total. The molecule has 2 aromatic carbocycles. The Hall–Kier alpha value is -2.90. The molecule has 2 rings (SSSR count). The van der Waals surface area contributed by atoms with Gasteiger partial charge in [-0.1, -0.05) is 0 Å². The second kappa shape index (κ2) is 7.78. The summed E-state index contributed by atoms with van der Waals surface area (Å²) in [7, 11) is 2.91. The molecule has 2 aromatic rings. The van der Waals surface area contributed by atoms with Gasteiger partial charge in [-0.15, -0.1) is 0 Å². The van der Waals surface area contributed by atoms with Gasteiger partial charge in [-0.05, 0) is 42.5 Å². The number of hydrogen-bond donors (Lipinski definition) is 1. The maximum atomic E-state index is 12.4. The number of methoxy groups -OCH3 is 2. The highest BCUT2D eigenvalue weighted by atomic mass is 19.4. The Balaban J connectivity index is 2.08. The molecular formula is C17H16F3NO4. The summed E-state index contributed by atoms with van der Waals surface area (Å²) >= 11 is 0. The van der Waals surface area contributed by atoms with Gasteiger partial charge in [-0.3, -0.25) is 4.79 Å². The van der Waals surface area contributed by atoms with Crippen LogP contribution in [0.3, 0.4) is 0 Å². The fourth-order valence-corrected chi connectivity index (χ4v) is 1.99. The number of alkyl halides is 3. The van der Waals surface area contributed by atoms with Gasteiger partial charge in [0.05, 0.1) is 19.8 Å². The number of hydrogen-bond acceptors (Lipinski definition) is 4. The third kappa shape index (κ3) is 5.30. The Morgan fingerprint density at radius 1 is 1.00 bits per heavy atom. The lowest BCUT2D eigenvalue weighted by Gasteiger charge is -2.12. The number of ether oxygens (including phenoxy) is 3. The summed E-state index contributed by atoms with van der Waals surface area (Å²) in [5, 5.41) is 2.63. The number of halogens is 3. The highest BCUT2D eigenvalue weighted by Crippen LogP contribution is 2.25. The predicted octanol–water partition coefficient (Wildman–Crippen LogP) is 3.90. The minimum atomic E-state index is -4.41. The first-order valence-electron chi connectivity index (χ1n) is 7.15. The van der Waals surface area contributed by atoms with Crippen LogP contribution in [0.4, 0.5) is 18.9 Å². The largest absolute Gasteiger partial charge is 0.497 e. The van der Waals surface area contributed by atoms with Crippen LogP contribution in [0.25, 0.3) is 0 Å². The van der Waals surface area contributed by atoms with Crippen molar-refractivity contribution in [2.75, 3.05) is 26.1 Å². The van der Waals surface area contributed by atoms with Crippen molar-refractivity contribution < 1.29 is 32.2 Å². The first kappa shape index (κ1) is 18.4. The van der Waals surface area contributed by atoms with Crippen molar-refractivity contribution in [2.45, 2.75) is 6.18 Å². The molecule has 0 atom stereocenters. The number of anilines is 1. The molecule has 0 aromatic heterocycles. The van der Waals surface area contributed by atoms with Crippen molar-refractivity contribution in [3.05, 3.63) is 48.0 Å². The van der Waals surface area contributed by atoms with Crippen LogP contribution >= 0.6 is 0 Å². The summed E-state index contributed by atoms with van der Waals surface area (Å²) in [5.41, 5.74) is 0.661. The van der Waals surface area contributed by atoms with E-state index in [4.69, 9.17) is 9.47 Å². The van der Waals surface area contributed by atoms with Crippen LogP contribution in [0.15, 0.2) is 42.5 Å². The van der Waals surface area contributed by atoms with Crippen LogP contribution in [0.2, 0.25) is 0 Å². The summed E-state index contributed by atoms with van der Waals surface area (Å²) < 4.78 is 51.2. The van der Waals surface area contributed by atoms with Gasteiger partial charge < -0.3 is 19.5 Å². The van der Waals surface area contributed by atoms with Gasteiger partial charge in [0.15, 0.2) is 6.61 Å². The van der Waals surface area contributed by atoms with E-state index in [-0.39, 0.29) is 11.3 Å². The predicted molar refractivity (Wildman–Crippen MR) is 85.5 cm³/mol. The molecule has 134 valence electrons. The van der Waals surface area contributed by atoms with Crippen LogP contribution in [-0.2, 0) is 0 Å². The molecule has 0 bridgehead atoms. The van der Waals surface area contributed by atoms with Crippen molar-refractivity contribution in [1.82, 2.24) is 0 Å². The van der Waals surface area contributed by atoms with Crippen molar-refractivity contribution >= 4 is 11.6 Å². The monoisotopic (exact) mass is 355 g/mol. The van der Waals surface area contributed by atoms with Crippen LogP contribution in [0.5, 0.6) is 17.2 Å². The summed E-state index contributed by atoms with van der Waals surface area (Å²) in [4.78, 5) is 12.4. The number of rotatable bonds is 6. The summed E-state index contributed by atoms with van der Waals surface area (Å²) in [6, 6.07) is 10.3. The zero-order chi connectivity index (χ0) is 18.4. The normalized spacial score (nSPS) is 10.9. The van der Waals surface area contributed by atoms with Gasteiger partial charge >= 0.3 is 6.18 Å². The van der Waals surface area contributed by atoms with E-state index in [1.54, 1.807) is 12.1 Å². The molecule has 0 aliphatic rings. The fraction of sp³-hybridized carbons (Fsp3) is 0.235. The standard InChI is InChI=1S/C17H16F3NO4/c1-23-13-7-8-15(24-2)14(9-13)16(22)21-11-3-5-12(6-4-11)25-10-17(18,19)20/h3-9H,10H2,1-2H3,(H,21,22). The SMILES string of the molecule is COc1ccc(OC)c(C(=O)Nc2ccc(OCC(F)(F)F)cc2)c1. The van der Waals surface area contributed by atoms with E-state index < -0.39 is 18.7 Å². The summed E-state index contributed by atoms with van der Waals surface area (Å²) in [5.74, 6) is 0.458. The van der Waals surface area contributed by atoms with Gasteiger partial charge in [0.2, 0.25) is 0 Å². The molecule has 0 aliphatic carbocycles. The average Bonchev–Trinajstić information content (AvgIpc) is 2.59. The molecule has 0 unspecified atom stereocenters. The van der Waals surface area contributed by atoms with Crippen LogP contribution in [0.1, 0.15) is 10.4 Å². The first-order chi connectivity index (χ1) is 11.8. The number of carbonyl (C=O) groups excluding carboxylic acids is 1. The topological polar surface area (TPSA) is 56.8 Å². The second-order valence-corrected chi connectivity index (χ2v) is 4.95. The first-order valence-corrected chi connectivity index (χ1v) is 7.15. The van der Waals surface area contributed by atoms with Gasteiger partial charge in [0, 0.05) is 5.69 Å². The van der Waals surface area contributed by atoms with E-state index in [9.17, 15) is 18.0 Å². The van der Waals surface area contributed by atoms with Gasteiger partial charge in [0.1, 0.15) is 17.2 Å². The summed E-state index contributed by atoms with van der Waals surface area (Å²) in [6.07, 6.45) is -4.41. The third-order valence-electron chi connectivity index (χ3n) is 3.17. The highest BCUT2D eigenvalue weighted by molar-refractivity contribution is 6.06. The molecule has 0 saturated heterocycles. The molecule has 5 nitrogen and oxygen atoms in total. The smallest absolute Gasteiger partial charge is 0.422 e. The maximum absolute atomic E-state index is 12.4. The molecule has 0 saturated carbocycles. The van der Waals surface area contributed by atoms with Crippen LogP contribution in [-0.4, -0.2) is 32.9 Å². The Morgan fingerprint density at radius 2 is 1.64 bits per heavy atom. The Labute approximate surface area is 142 Å². The lowest BCUT2D eigenvalue weighted by Crippen LogP contribution is -2.19.